The van der Waals surface area contributed by atoms with E-state index in [4.69, 9.17) is 18.9 Å². The van der Waals surface area contributed by atoms with Gasteiger partial charge in [-0.25, -0.2) is 0 Å². The second-order valence-corrected chi connectivity index (χ2v) is 5.17. The number of methoxy groups -OCH3 is 4. The van der Waals surface area contributed by atoms with E-state index in [1.165, 1.54) is 28.4 Å². The largest absolute Gasteiger partial charge is 0.469 e. The van der Waals surface area contributed by atoms with Gasteiger partial charge in [0.05, 0.1) is 39.3 Å². The molecule has 0 saturated carbocycles. The van der Waals surface area contributed by atoms with Crippen LogP contribution in [0, 0.1) is 0 Å². The summed E-state index contributed by atoms with van der Waals surface area (Å²) < 4.78 is 31.8. The Hall–Kier alpha value is -1.22. The summed E-state index contributed by atoms with van der Waals surface area (Å²) in [6.45, 7) is 3.27. The Balaban J connectivity index is 3.04. The molecule has 0 N–H and O–H groups in total. The summed E-state index contributed by atoms with van der Waals surface area (Å²) in [5.74, 6) is -3.48. The van der Waals surface area contributed by atoms with Gasteiger partial charge in [0.15, 0.2) is 0 Å². The highest BCUT2D eigenvalue weighted by atomic mass is 16.8. The van der Waals surface area contributed by atoms with Gasteiger partial charge in [-0.2, -0.15) is 0 Å². The normalized spacial score (nSPS) is 35.0. The van der Waals surface area contributed by atoms with Crippen LogP contribution < -0.4 is 0 Å². The van der Waals surface area contributed by atoms with E-state index < -0.39 is 35.7 Å². The van der Waals surface area contributed by atoms with E-state index in [1.54, 1.807) is 13.8 Å². The molecule has 8 nitrogen and oxygen atoms in total. The van der Waals surface area contributed by atoms with Crippen LogP contribution in [0.4, 0.5) is 0 Å². The van der Waals surface area contributed by atoms with Gasteiger partial charge in [-0.15, -0.1) is 0 Å². The molecule has 1 heterocycles. The molecule has 4 atom stereocenters. The first-order valence-corrected chi connectivity index (χ1v) is 6.84. The molecular formula is C14H24O8. The minimum atomic E-state index is -1.26. The highest BCUT2D eigenvalue weighted by Gasteiger charge is 2.57. The molecule has 0 amide bonds. The number of ether oxygens (including phenoxy) is 6. The Labute approximate surface area is 129 Å². The lowest BCUT2D eigenvalue weighted by Crippen LogP contribution is -2.65. The molecule has 1 rings (SSSR count). The molecule has 1 fully saturated rings. The van der Waals surface area contributed by atoms with E-state index in [9.17, 15) is 9.59 Å². The zero-order valence-corrected chi connectivity index (χ0v) is 13.8. The Bertz CT molecular complexity index is 374. The summed E-state index contributed by atoms with van der Waals surface area (Å²) in [7, 11) is 5.43. The first-order chi connectivity index (χ1) is 10.2. The van der Waals surface area contributed by atoms with Crippen molar-refractivity contribution < 1.29 is 38.0 Å². The zero-order chi connectivity index (χ0) is 17.0. The summed E-state index contributed by atoms with van der Waals surface area (Å²) in [6, 6.07) is 0. The second-order valence-electron chi connectivity index (χ2n) is 5.17. The van der Waals surface area contributed by atoms with Crippen LogP contribution >= 0.6 is 0 Å². The average molecular weight is 320 g/mol. The number of carbonyl (C=O) groups is 2. The topological polar surface area (TPSA) is 89.5 Å². The number of hydrogen-bond donors (Lipinski definition) is 0. The van der Waals surface area contributed by atoms with Crippen LogP contribution in [0.2, 0.25) is 0 Å². The molecule has 0 aromatic rings. The quantitative estimate of drug-likeness (QED) is 0.658. The van der Waals surface area contributed by atoms with Gasteiger partial charge in [0.1, 0.15) is 0 Å². The van der Waals surface area contributed by atoms with Crippen molar-refractivity contribution in [3.63, 3.8) is 0 Å². The molecule has 22 heavy (non-hydrogen) atoms. The molecule has 0 bridgehead atoms. The summed E-state index contributed by atoms with van der Waals surface area (Å²) in [6.07, 6.45) is -1.65. The predicted octanol–water partition coefficient (Wildman–Crippen LogP) is 0.622. The van der Waals surface area contributed by atoms with Gasteiger partial charge in [0.25, 0.3) is 0 Å². The van der Waals surface area contributed by atoms with Crippen LogP contribution in [-0.2, 0) is 38.0 Å². The minimum absolute atomic E-state index is 0.0864. The van der Waals surface area contributed by atoms with Crippen LogP contribution in [0.15, 0.2) is 0 Å². The maximum Gasteiger partial charge on any atom is 0.308 e. The monoisotopic (exact) mass is 320 g/mol. The molecule has 0 aliphatic carbocycles. The molecule has 8 heteroatoms. The predicted molar refractivity (Wildman–Crippen MR) is 73.8 cm³/mol. The van der Waals surface area contributed by atoms with E-state index in [0.717, 1.165) is 0 Å². The molecular weight excluding hydrogens is 296 g/mol. The molecule has 1 aliphatic heterocycles. The summed E-state index contributed by atoms with van der Waals surface area (Å²) in [5.41, 5.74) is 0. The van der Waals surface area contributed by atoms with Crippen molar-refractivity contribution in [1.82, 2.24) is 0 Å². The lowest BCUT2D eigenvalue weighted by atomic mass is 9.99. The van der Waals surface area contributed by atoms with Crippen LogP contribution in [0.1, 0.15) is 26.7 Å². The molecule has 0 aromatic carbocycles. The van der Waals surface area contributed by atoms with Gasteiger partial charge in [-0.05, 0) is 13.8 Å². The first-order valence-electron chi connectivity index (χ1n) is 6.84. The van der Waals surface area contributed by atoms with Crippen molar-refractivity contribution in [3.05, 3.63) is 0 Å². The lowest BCUT2D eigenvalue weighted by Gasteiger charge is -2.51. The van der Waals surface area contributed by atoms with Gasteiger partial charge in [-0.3, -0.25) is 9.59 Å². The Morgan fingerprint density at radius 1 is 0.818 bits per heavy atom. The SMILES string of the molecule is COC(=O)C[C@@H]1OC(C)(OC)[C@](C)(OC)O[C@H]1CC(=O)OC. The Morgan fingerprint density at radius 2 is 1.14 bits per heavy atom. The van der Waals surface area contributed by atoms with Crippen molar-refractivity contribution in [1.29, 1.82) is 0 Å². The number of carbonyl (C=O) groups excluding carboxylic acids is 2. The third-order valence-electron chi connectivity index (χ3n) is 3.96. The summed E-state index contributed by atoms with van der Waals surface area (Å²) in [4.78, 5) is 23.1. The van der Waals surface area contributed by atoms with E-state index in [2.05, 4.69) is 9.47 Å². The van der Waals surface area contributed by atoms with Crippen molar-refractivity contribution in [2.75, 3.05) is 28.4 Å². The van der Waals surface area contributed by atoms with E-state index in [-0.39, 0.29) is 12.8 Å². The van der Waals surface area contributed by atoms with Crippen molar-refractivity contribution in [3.8, 4) is 0 Å². The van der Waals surface area contributed by atoms with Gasteiger partial charge >= 0.3 is 11.9 Å². The molecule has 0 spiro atoms. The first kappa shape index (κ1) is 18.8. The van der Waals surface area contributed by atoms with Crippen molar-refractivity contribution in [2.45, 2.75) is 50.5 Å². The average Bonchev–Trinajstić information content (AvgIpc) is 2.51. The Kier molecular flexibility index (Phi) is 6.30. The zero-order valence-electron chi connectivity index (χ0n) is 13.8. The van der Waals surface area contributed by atoms with Gasteiger partial charge in [0.2, 0.25) is 11.6 Å². The summed E-state index contributed by atoms with van der Waals surface area (Å²) >= 11 is 0. The molecule has 1 saturated heterocycles. The third-order valence-corrected chi connectivity index (χ3v) is 3.96. The van der Waals surface area contributed by atoms with Gasteiger partial charge < -0.3 is 28.4 Å². The number of esters is 2. The van der Waals surface area contributed by atoms with Gasteiger partial charge in [0, 0.05) is 14.2 Å². The fraction of sp³-hybridized carbons (Fsp3) is 0.857. The highest BCUT2D eigenvalue weighted by Crippen LogP contribution is 2.40. The smallest absolute Gasteiger partial charge is 0.308 e. The fourth-order valence-corrected chi connectivity index (χ4v) is 2.25. The van der Waals surface area contributed by atoms with Gasteiger partial charge in [-0.1, -0.05) is 0 Å². The van der Waals surface area contributed by atoms with Crippen molar-refractivity contribution in [2.24, 2.45) is 0 Å². The lowest BCUT2D eigenvalue weighted by molar-refractivity contribution is -0.447. The fourth-order valence-electron chi connectivity index (χ4n) is 2.25. The summed E-state index contributed by atoms with van der Waals surface area (Å²) in [5, 5.41) is 0. The van der Waals surface area contributed by atoms with E-state index in [1.807, 2.05) is 0 Å². The van der Waals surface area contributed by atoms with Crippen LogP contribution in [-0.4, -0.2) is 64.2 Å². The van der Waals surface area contributed by atoms with Crippen LogP contribution in [0.25, 0.3) is 0 Å². The van der Waals surface area contributed by atoms with E-state index >= 15 is 0 Å². The highest BCUT2D eigenvalue weighted by molar-refractivity contribution is 5.71. The molecule has 1 unspecified atom stereocenters. The molecule has 0 radical (unpaired) electrons. The third kappa shape index (κ3) is 3.75. The molecule has 0 aromatic heterocycles. The maximum atomic E-state index is 11.6. The van der Waals surface area contributed by atoms with Crippen LogP contribution in [0.3, 0.4) is 0 Å². The van der Waals surface area contributed by atoms with E-state index in [0.29, 0.717) is 0 Å². The molecule has 1 aliphatic rings. The maximum absolute atomic E-state index is 11.6. The standard InChI is InChI=1S/C14H24O8/c1-13(19-5)14(2,20-6)22-10(8-12(16)18-4)9(21-13)7-11(15)17-3/h9-10H,7-8H2,1-6H3/t9-,10-,13+,14?/m0/s1. The minimum Gasteiger partial charge on any atom is -0.469 e. The van der Waals surface area contributed by atoms with Crippen LogP contribution in [0.5, 0.6) is 0 Å². The second kappa shape index (κ2) is 7.36. The Morgan fingerprint density at radius 3 is 1.36 bits per heavy atom. The van der Waals surface area contributed by atoms with Crippen molar-refractivity contribution >= 4 is 11.9 Å². The molecule has 128 valence electrons. The number of rotatable bonds is 6. The number of hydrogen-bond acceptors (Lipinski definition) is 8.